The van der Waals surface area contributed by atoms with Gasteiger partial charge in [-0.1, -0.05) is 18.2 Å². The average Bonchev–Trinajstić information content (AvgIpc) is 3.03. The predicted octanol–water partition coefficient (Wildman–Crippen LogP) is 2.70. The maximum absolute atomic E-state index is 12.5. The lowest BCUT2D eigenvalue weighted by molar-refractivity contribution is -0.122. The number of anilines is 2. The van der Waals surface area contributed by atoms with Crippen LogP contribution in [0.25, 0.3) is 0 Å². The Morgan fingerprint density at radius 2 is 1.88 bits per heavy atom. The van der Waals surface area contributed by atoms with Gasteiger partial charge in [0, 0.05) is 24.7 Å². The normalized spacial score (nSPS) is 16.6. The van der Waals surface area contributed by atoms with E-state index in [0.717, 1.165) is 5.69 Å². The molecule has 0 aromatic heterocycles. The van der Waals surface area contributed by atoms with E-state index in [1.807, 2.05) is 30.3 Å². The van der Waals surface area contributed by atoms with Crippen molar-refractivity contribution in [2.24, 2.45) is 5.92 Å². The molecule has 6 nitrogen and oxygen atoms in total. The maximum atomic E-state index is 12.5. The highest BCUT2D eigenvalue weighted by molar-refractivity contribution is 6.04. The highest BCUT2D eigenvalue weighted by Gasteiger charge is 2.36. The molecule has 0 bridgehead atoms. The minimum Gasteiger partial charge on any atom is -0.497 e. The van der Waals surface area contributed by atoms with Crippen molar-refractivity contribution in [3.63, 3.8) is 0 Å². The van der Waals surface area contributed by atoms with Crippen LogP contribution in [0.5, 0.6) is 11.5 Å². The van der Waals surface area contributed by atoms with Crippen molar-refractivity contribution in [3.8, 4) is 11.5 Å². The van der Waals surface area contributed by atoms with Gasteiger partial charge in [0.25, 0.3) is 0 Å². The zero-order valence-corrected chi connectivity index (χ0v) is 14.2. The predicted molar refractivity (Wildman–Crippen MR) is 95.1 cm³/mol. The molecule has 2 aromatic carbocycles. The molecule has 6 heteroatoms. The van der Waals surface area contributed by atoms with Gasteiger partial charge in [0.1, 0.15) is 11.5 Å². The van der Waals surface area contributed by atoms with Crippen molar-refractivity contribution in [3.05, 3.63) is 48.5 Å². The summed E-state index contributed by atoms with van der Waals surface area (Å²) < 4.78 is 10.5. The number of carbonyl (C=O) groups is 2. The van der Waals surface area contributed by atoms with Crippen LogP contribution in [0.3, 0.4) is 0 Å². The van der Waals surface area contributed by atoms with Crippen LogP contribution < -0.4 is 19.7 Å². The number of para-hydroxylation sites is 1. The molecule has 0 radical (unpaired) electrons. The molecule has 0 spiro atoms. The lowest BCUT2D eigenvalue weighted by Crippen LogP contribution is -2.28. The van der Waals surface area contributed by atoms with Crippen LogP contribution in [0.4, 0.5) is 11.4 Å². The Morgan fingerprint density at radius 3 is 2.56 bits per heavy atom. The average molecular weight is 340 g/mol. The standard InChI is InChI=1S/C19H20N2O4/c1-24-15-8-9-16(17(11-15)25-2)21-12-13(10-18(21)22)19(23)20-14-6-4-3-5-7-14/h3-9,11,13H,10,12H2,1-2H3,(H,20,23)/t13-/m1/s1. The van der Waals surface area contributed by atoms with E-state index >= 15 is 0 Å². The maximum Gasteiger partial charge on any atom is 0.229 e. The molecule has 1 atom stereocenters. The van der Waals surface area contributed by atoms with E-state index in [0.29, 0.717) is 23.7 Å². The summed E-state index contributed by atoms with van der Waals surface area (Å²) in [6.07, 6.45) is 0.174. The summed E-state index contributed by atoms with van der Waals surface area (Å²) in [5, 5.41) is 2.85. The van der Waals surface area contributed by atoms with E-state index in [2.05, 4.69) is 5.32 Å². The molecule has 1 heterocycles. The van der Waals surface area contributed by atoms with Gasteiger partial charge in [-0.25, -0.2) is 0 Å². The number of nitrogens with one attached hydrogen (secondary N) is 1. The summed E-state index contributed by atoms with van der Waals surface area (Å²) in [6.45, 7) is 0.320. The zero-order valence-electron chi connectivity index (χ0n) is 14.2. The summed E-state index contributed by atoms with van der Waals surface area (Å²) in [5.41, 5.74) is 1.36. The smallest absolute Gasteiger partial charge is 0.229 e. The highest BCUT2D eigenvalue weighted by Crippen LogP contribution is 2.36. The number of hydrogen-bond donors (Lipinski definition) is 1. The van der Waals surface area contributed by atoms with Gasteiger partial charge >= 0.3 is 0 Å². The number of amides is 2. The SMILES string of the molecule is COc1ccc(N2C[C@H](C(=O)Nc3ccccc3)CC2=O)c(OC)c1. The number of ether oxygens (including phenoxy) is 2. The molecule has 3 rings (SSSR count). The Hall–Kier alpha value is -3.02. The number of nitrogens with zero attached hydrogens (tertiary/aromatic N) is 1. The molecule has 2 amide bonds. The third kappa shape index (κ3) is 3.57. The summed E-state index contributed by atoms with van der Waals surface area (Å²) in [6, 6.07) is 14.5. The Kier molecular flexibility index (Phi) is 4.88. The second kappa shape index (κ2) is 7.25. The Labute approximate surface area is 146 Å². The number of rotatable bonds is 5. The molecule has 1 fully saturated rings. The second-order valence-electron chi connectivity index (χ2n) is 5.80. The number of benzene rings is 2. The largest absolute Gasteiger partial charge is 0.497 e. The van der Waals surface area contributed by atoms with Gasteiger partial charge in [0.05, 0.1) is 25.8 Å². The van der Waals surface area contributed by atoms with Crippen molar-refractivity contribution in [1.82, 2.24) is 0 Å². The van der Waals surface area contributed by atoms with Gasteiger partial charge in [-0.15, -0.1) is 0 Å². The molecule has 0 aliphatic carbocycles. The van der Waals surface area contributed by atoms with Crippen LogP contribution in [0.2, 0.25) is 0 Å². The first-order valence-electron chi connectivity index (χ1n) is 8.00. The van der Waals surface area contributed by atoms with Crippen molar-refractivity contribution in [2.75, 3.05) is 31.0 Å². The molecular formula is C19H20N2O4. The molecule has 1 aliphatic rings. The van der Waals surface area contributed by atoms with Crippen LogP contribution in [0.1, 0.15) is 6.42 Å². The minimum absolute atomic E-state index is 0.100. The van der Waals surface area contributed by atoms with Crippen LogP contribution >= 0.6 is 0 Å². The molecule has 1 N–H and O–H groups in total. The number of methoxy groups -OCH3 is 2. The summed E-state index contributed by atoms with van der Waals surface area (Å²) >= 11 is 0. The van der Waals surface area contributed by atoms with Gasteiger partial charge in [-0.3, -0.25) is 9.59 Å². The van der Waals surface area contributed by atoms with E-state index < -0.39 is 5.92 Å². The molecule has 130 valence electrons. The van der Waals surface area contributed by atoms with Crippen molar-refractivity contribution >= 4 is 23.2 Å². The Bertz CT molecular complexity index is 776. The second-order valence-corrected chi connectivity index (χ2v) is 5.80. The van der Waals surface area contributed by atoms with Gasteiger partial charge in [-0.05, 0) is 24.3 Å². The topological polar surface area (TPSA) is 67.9 Å². The quantitative estimate of drug-likeness (QED) is 0.909. The van der Waals surface area contributed by atoms with Gasteiger partial charge in [0.15, 0.2) is 0 Å². The van der Waals surface area contributed by atoms with Crippen molar-refractivity contribution in [1.29, 1.82) is 0 Å². The fraction of sp³-hybridized carbons (Fsp3) is 0.263. The highest BCUT2D eigenvalue weighted by atomic mass is 16.5. The van der Waals surface area contributed by atoms with Crippen LogP contribution in [0, 0.1) is 5.92 Å². The van der Waals surface area contributed by atoms with Gasteiger partial charge < -0.3 is 19.7 Å². The first-order valence-corrected chi connectivity index (χ1v) is 8.00. The molecule has 0 unspecified atom stereocenters. The lowest BCUT2D eigenvalue weighted by atomic mass is 10.1. The van der Waals surface area contributed by atoms with E-state index in [4.69, 9.17) is 9.47 Å². The fourth-order valence-corrected chi connectivity index (χ4v) is 2.89. The van der Waals surface area contributed by atoms with E-state index in [-0.39, 0.29) is 18.2 Å². The molecule has 2 aromatic rings. The fourth-order valence-electron chi connectivity index (χ4n) is 2.89. The van der Waals surface area contributed by atoms with E-state index in [1.54, 1.807) is 37.3 Å². The van der Waals surface area contributed by atoms with E-state index in [1.165, 1.54) is 0 Å². The lowest BCUT2D eigenvalue weighted by Gasteiger charge is -2.20. The summed E-state index contributed by atoms with van der Waals surface area (Å²) in [7, 11) is 3.11. The molecule has 1 aliphatic heterocycles. The first kappa shape index (κ1) is 16.8. The van der Waals surface area contributed by atoms with Crippen molar-refractivity contribution in [2.45, 2.75) is 6.42 Å². The molecule has 1 saturated heterocycles. The Morgan fingerprint density at radius 1 is 1.12 bits per heavy atom. The molecular weight excluding hydrogens is 320 g/mol. The summed E-state index contributed by atoms with van der Waals surface area (Å²) in [5.74, 6) is 0.521. The van der Waals surface area contributed by atoms with E-state index in [9.17, 15) is 9.59 Å². The third-order valence-corrected chi connectivity index (χ3v) is 4.21. The van der Waals surface area contributed by atoms with Crippen LogP contribution in [-0.2, 0) is 9.59 Å². The first-order chi connectivity index (χ1) is 12.1. The number of hydrogen-bond acceptors (Lipinski definition) is 4. The van der Waals surface area contributed by atoms with Crippen molar-refractivity contribution < 1.29 is 19.1 Å². The van der Waals surface area contributed by atoms with Gasteiger partial charge in [-0.2, -0.15) is 0 Å². The molecule has 25 heavy (non-hydrogen) atoms. The number of carbonyl (C=O) groups excluding carboxylic acids is 2. The third-order valence-electron chi connectivity index (χ3n) is 4.21. The Balaban J connectivity index is 1.75. The molecule has 0 saturated carbocycles. The summed E-state index contributed by atoms with van der Waals surface area (Å²) in [4.78, 5) is 26.5. The minimum atomic E-state index is -0.403. The zero-order chi connectivity index (χ0) is 17.8. The van der Waals surface area contributed by atoms with Gasteiger partial charge in [0.2, 0.25) is 11.8 Å². The van der Waals surface area contributed by atoms with Crippen LogP contribution in [0.15, 0.2) is 48.5 Å². The monoisotopic (exact) mass is 340 g/mol. The van der Waals surface area contributed by atoms with Crippen LogP contribution in [-0.4, -0.2) is 32.6 Å².